The molecule has 0 aliphatic carbocycles. The number of benzene rings is 2. The molecule has 1 aliphatic rings. The molecule has 6 N–H and O–H groups in total. The lowest BCUT2D eigenvalue weighted by atomic mass is 9.97. The van der Waals surface area contributed by atoms with E-state index in [0.717, 1.165) is 34.0 Å². The number of hydrogen-bond acceptors (Lipinski definition) is 8. The summed E-state index contributed by atoms with van der Waals surface area (Å²) in [6.45, 7) is 0. The molecule has 0 bridgehead atoms. The fourth-order valence-corrected chi connectivity index (χ4v) is 4.65. The maximum atomic E-state index is 5.56. The van der Waals surface area contributed by atoms with E-state index < -0.39 is 0 Å². The Morgan fingerprint density at radius 1 is 1.10 bits per heavy atom. The molecular formula is C21H24N6O2S. The predicted molar refractivity (Wildman–Crippen MR) is 122 cm³/mol. The lowest BCUT2D eigenvalue weighted by molar-refractivity contribution is 0.394. The first-order valence-corrected chi connectivity index (χ1v) is 10.2. The van der Waals surface area contributed by atoms with E-state index in [1.807, 2.05) is 37.4 Å². The van der Waals surface area contributed by atoms with Gasteiger partial charge in [-0.15, -0.1) is 11.3 Å². The Balaban J connectivity index is 1.77. The van der Waals surface area contributed by atoms with Gasteiger partial charge in [0.15, 0.2) is 5.84 Å². The monoisotopic (exact) mass is 424 g/mol. The first-order chi connectivity index (χ1) is 14.6. The lowest BCUT2D eigenvalue weighted by Gasteiger charge is -2.37. The van der Waals surface area contributed by atoms with Crippen molar-refractivity contribution in [3.05, 3.63) is 59.0 Å². The fourth-order valence-electron chi connectivity index (χ4n) is 3.68. The third-order valence-corrected chi connectivity index (χ3v) is 6.16. The number of fused-ring (bicyclic) bond motifs is 3. The molecule has 2 aromatic carbocycles. The molecule has 8 nitrogen and oxygen atoms in total. The minimum Gasteiger partial charge on any atom is -0.497 e. The number of hydrazone groups is 1. The highest BCUT2D eigenvalue weighted by Gasteiger charge is 2.30. The van der Waals surface area contributed by atoms with E-state index in [0.29, 0.717) is 5.84 Å². The molecule has 1 aromatic heterocycles. The molecule has 0 saturated carbocycles. The number of rotatable bonds is 5. The second kappa shape index (κ2) is 8.13. The highest BCUT2D eigenvalue weighted by Crippen LogP contribution is 2.47. The second-order valence-electron chi connectivity index (χ2n) is 6.82. The zero-order chi connectivity index (χ0) is 21.3. The van der Waals surface area contributed by atoms with Crippen LogP contribution in [-0.4, -0.2) is 27.1 Å². The van der Waals surface area contributed by atoms with Gasteiger partial charge in [-0.25, -0.2) is 5.84 Å². The third-order valence-electron chi connectivity index (χ3n) is 5.19. The number of nitrogens with one attached hydrogen (secondary N) is 2. The van der Waals surface area contributed by atoms with Crippen molar-refractivity contribution in [3.8, 4) is 21.9 Å². The van der Waals surface area contributed by atoms with Gasteiger partial charge in [0.1, 0.15) is 17.7 Å². The summed E-state index contributed by atoms with van der Waals surface area (Å²) in [4.78, 5) is 3.40. The van der Waals surface area contributed by atoms with E-state index in [2.05, 4.69) is 38.3 Å². The van der Waals surface area contributed by atoms with E-state index >= 15 is 0 Å². The Kier molecular flexibility index (Phi) is 5.39. The summed E-state index contributed by atoms with van der Waals surface area (Å²) >= 11 is 1.71. The minimum atomic E-state index is -0.0880. The second-order valence-corrected chi connectivity index (χ2v) is 7.73. The van der Waals surface area contributed by atoms with Crippen molar-refractivity contribution < 1.29 is 9.47 Å². The van der Waals surface area contributed by atoms with Gasteiger partial charge in [0.05, 0.1) is 14.2 Å². The number of nitrogens with two attached hydrogens (primary N) is 2. The van der Waals surface area contributed by atoms with E-state index in [1.54, 1.807) is 25.6 Å². The smallest absolute Gasteiger partial charge is 0.166 e. The quantitative estimate of drug-likeness (QED) is 0.216. The standard InChI is InChI=1S/C21H24N6O2S/c1-27-18-8-12(20(25-22)26-23)4-5-16(18)19-17(6-7-30-19)21(27)24-13-9-14(28-2)11-15(10-13)29-3/h4-11,21,24H,22-23H2,1-3H3,(H,25,26). The van der Waals surface area contributed by atoms with Crippen LogP contribution >= 0.6 is 11.3 Å². The molecule has 9 heteroatoms. The molecule has 1 aliphatic heterocycles. The molecule has 0 saturated heterocycles. The van der Waals surface area contributed by atoms with Crippen LogP contribution in [0, 0.1) is 0 Å². The minimum absolute atomic E-state index is 0.0880. The zero-order valence-electron chi connectivity index (χ0n) is 17.0. The Morgan fingerprint density at radius 3 is 2.47 bits per heavy atom. The number of hydrazine groups is 1. The highest BCUT2D eigenvalue weighted by molar-refractivity contribution is 7.13. The first-order valence-electron chi connectivity index (χ1n) is 9.28. The highest BCUT2D eigenvalue weighted by atomic mass is 32.1. The summed E-state index contributed by atoms with van der Waals surface area (Å²) < 4.78 is 10.8. The normalized spacial score (nSPS) is 15.3. The maximum absolute atomic E-state index is 5.56. The van der Waals surface area contributed by atoms with Crippen LogP contribution in [0.3, 0.4) is 0 Å². The van der Waals surface area contributed by atoms with Crippen molar-refractivity contribution in [2.24, 2.45) is 16.8 Å². The van der Waals surface area contributed by atoms with E-state index in [4.69, 9.17) is 21.2 Å². The van der Waals surface area contributed by atoms with Gasteiger partial charge in [-0.2, -0.15) is 5.10 Å². The van der Waals surface area contributed by atoms with Crippen LogP contribution in [0.5, 0.6) is 11.5 Å². The van der Waals surface area contributed by atoms with Crippen LogP contribution in [0.4, 0.5) is 11.4 Å². The van der Waals surface area contributed by atoms with Gasteiger partial charge in [-0.05, 0) is 17.5 Å². The molecular weight excluding hydrogens is 400 g/mol. The Morgan fingerprint density at radius 2 is 1.83 bits per heavy atom. The summed E-state index contributed by atoms with van der Waals surface area (Å²) in [7, 11) is 5.33. The molecule has 3 aromatic rings. The molecule has 30 heavy (non-hydrogen) atoms. The van der Waals surface area contributed by atoms with Gasteiger partial charge >= 0.3 is 0 Å². The van der Waals surface area contributed by atoms with Gasteiger partial charge in [-0.3, -0.25) is 0 Å². The molecule has 0 amide bonds. The summed E-state index contributed by atoms with van der Waals surface area (Å²) in [5, 5.41) is 9.46. The number of ether oxygens (including phenoxy) is 2. The first kappa shape index (κ1) is 19.9. The molecule has 1 unspecified atom stereocenters. The topological polar surface area (TPSA) is 110 Å². The SMILES string of the molecule is COc1cc(NC2c3ccsc3-c3ccc(/C(=N/N)NN)cc3N2C)cc(OC)c1. The third kappa shape index (κ3) is 3.38. The molecule has 0 spiro atoms. The fraction of sp³-hybridized carbons (Fsp3) is 0.190. The van der Waals surface area contributed by atoms with Crippen LogP contribution in [0.1, 0.15) is 17.3 Å². The number of nitrogens with zero attached hydrogens (tertiary/aromatic N) is 2. The van der Waals surface area contributed by atoms with Gasteiger partial charge in [0, 0.05) is 58.2 Å². The van der Waals surface area contributed by atoms with Crippen LogP contribution in [0.2, 0.25) is 0 Å². The Labute approximate surface area is 179 Å². The average molecular weight is 425 g/mol. The van der Waals surface area contributed by atoms with Gasteiger partial charge in [0.2, 0.25) is 0 Å². The molecule has 4 rings (SSSR count). The molecule has 156 valence electrons. The predicted octanol–water partition coefficient (Wildman–Crippen LogP) is 3.08. The van der Waals surface area contributed by atoms with Gasteiger partial charge in [-0.1, -0.05) is 12.1 Å². The van der Waals surface area contributed by atoms with Crippen molar-refractivity contribution in [2.45, 2.75) is 6.17 Å². The summed E-state index contributed by atoms with van der Waals surface area (Å²) in [5.74, 6) is 12.9. The van der Waals surface area contributed by atoms with Crippen LogP contribution in [-0.2, 0) is 0 Å². The molecule has 1 atom stereocenters. The summed E-state index contributed by atoms with van der Waals surface area (Å²) in [6, 6.07) is 14.0. The average Bonchev–Trinajstić information content (AvgIpc) is 3.27. The van der Waals surface area contributed by atoms with Crippen molar-refractivity contribution in [3.63, 3.8) is 0 Å². The summed E-state index contributed by atoms with van der Waals surface area (Å²) in [5.41, 5.74) is 7.66. The van der Waals surface area contributed by atoms with Crippen molar-refractivity contribution >= 4 is 28.5 Å². The molecule has 0 radical (unpaired) electrons. The largest absolute Gasteiger partial charge is 0.497 e. The van der Waals surface area contributed by atoms with Gasteiger partial charge in [0.25, 0.3) is 0 Å². The Bertz CT molecular complexity index is 1070. The van der Waals surface area contributed by atoms with E-state index in [9.17, 15) is 0 Å². The maximum Gasteiger partial charge on any atom is 0.166 e. The van der Waals surface area contributed by atoms with Crippen molar-refractivity contribution in [1.82, 2.24) is 5.43 Å². The number of anilines is 2. The molecule has 0 fully saturated rings. The van der Waals surface area contributed by atoms with Crippen LogP contribution in [0.15, 0.2) is 52.9 Å². The number of thiophene rings is 1. The number of amidine groups is 1. The van der Waals surface area contributed by atoms with E-state index in [-0.39, 0.29) is 6.17 Å². The zero-order valence-corrected chi connectivity index (χ0v) is 17.8. The van der Waals surface area contributed by atoms with Gasteiger partial charge < -0.3 is 31.0 Å². The number of hydrogen-bond donors (Lipinski definition) is 4. The number of methoxy groups -OCH3 is 2. The molecule has 2 heterocycles. The van der Waals surface area contributed by atoms with Crippen molar-refractivity contribution in [2.75, 3.05) is 31.5 Å². The van der Waals surface area contributed by atoms with Crippen LogP contribution < -0.4 is 36.8 Å². The Hall–Kier alpha value is -3.43. The summed E-state index contributed by atoms with van der Waals surface area (Å²) in [6.07, 6.45) is -0.0880. The van der Waals surface area contributed by atoms with Crippen LogP contribution in [0.25, 0.3) is 10.4 Å². The lowest BCUT2D eigenvalue weighted by Crippen LogP contribution is -2.34. The van der Waals surface area contributed by atoms with E-state index in [1.165, 1.54) is 10.4 Å². The van der Waals surface area contributed by atoms with Crippen molar-refractivity contribution in [1.29, 1.82) is 0 Å².